The number of hydrogen-bond acceptors (Lipinski definition) is 2. The first kappa shape index (κ1) is 31.9. The molecule has 192 valence electrons. The van der Waals surface area contributed by atoms with E-state index in [1.807, 2.05) is 5.70 Å². The zero-order valence-electron chi connectivity index (χ0n) is 22.6. The third-order valence-corrected chi connectivity index (χ3v) is 8.94. The van der Waals surface area contributed by atoms with E-state index < -0.39 is 8.56 Å². The van der Waals surface area contributed by atoms with E-state index >= 15 is 0 Å². The number of rotatable bonds is 27. The zero-order valence-corrected chi connectivity index (χ0v) is 23.6. The lowest BCUT2D eigenvalue weighted by Gasteiger charge is -2.23. The molecule has 32 heavy (non-hydrogen) atoms. The predicted molar refractivity (Wildman–Crippen MR) is 147 cm³/mol. The Kier molecular flexibility index (Phi) is 25.4. The summed E-state index contributed by atoms with van der Waals surface area (Å²) in [6, 6.07) is 0. The van der Waals surface area contributed by atoms with E-state index in [4.69, 9.17) is 8.85 Å². The van der Waals surface area contributed by atoms with Gasteiger partial charge in [-0.3, -0.25) is 0 Å². The second-order valence-electron chi connectivity index (χ2n) is 9.99. The first-order valence-corrected chi connectivity index (χ1v) is 17.0. The van der Waals surface area contributed by atoms with Crippen molar-refractivity contribution in [1.29, 1.82) is 0 Å². The largest absolute Gasteiger partial charge is 0.391 e. The Morgan fingerprint density at radius 1 is 0.469 bits per heavy atom. The molecule has 0 fully saturated rings. The Morgan fingerprint density at radius 2 is 0.719 bits per heavy atom. The van der Waals surface area contributed by atoms with Crippen LogP contribution in [0.4, 0.5) is 0 Å². The fraction of sp³-hybridized carbons (Fsp3) is 0.931. The molecule has 0 rings (SSSR count). The molecule has 0 aliphatic rings. The van der Waals surface area contributed by atoms with Gasteiger partial charge in [-0.2, -0.15) is 0 Å². The van der Waals surface area contributed by atoms with Crippen LogP contribution in [0.5, 0.6) is 0 Å². The van der Waals surface area contributed by atoms with Crippen LogP contribution in [0.2, 0.25) is 6.55 Å². The van der Waals surface area contributed by atoms with E-state index in [-0.39, 0.29) is 0 Å². The van der Waals surface area contributed by atoms with Gasteiger partial charge in [-0.1, -0.05) is 142 Å². The smallest absolute Gasteiger partial charge is 0.361 e. The van der Waals surface area contributed by atoms with E-state index in [9.17, 15) is 0 Å². The molecule has 0 aliphatic carbocycles. The second-order valence-corrected chi connectivity index (χ2v) is 13.0. The van der Waals surface area contributed by atoms with Crippen molar-refractivity contribution in [2.24, 2.45) is 0 Å². The zero-order chi connectivity index (χ0) is 23.6. The molecule has 1 unspecified atom stereocenters. The molecule has 0 saturated carbocycles. The summed E-state index contributed by atoms with van der Waals surface area (Å²) in [6.07, 6.45) is 30.3. The van der Waals surface area contributed by atoms with E-state index in [0.717, 1.165) is 26.1 Å². The average Bonchev–Trinajstić information content (AvgIpc) is 2.80. The Morgan fingerprint density at radius 3 is 0.969 bits per heavy atom. The summed E-state index contributed by atoms with van der Waals surface area (Å²) in [4.78, 5) is 0. The summed E-state index contributed by atoms with van der Waals surface area (Å²) < 4.78 is 12.3. The van der Waals surface area contributed by atoms with Gasteiger partial charge in [0.25, 0.3) is 0 Å². The Hall–Kier alpha value is -0.123. The third-order valence-electron chi connectivity index (χ3n) is 6.64. The quantitative estimate of drug-likeness (QED) is 0.0881. The predicted octanol–water partition coefficient (Wildman–Crippen LogP) is 10.4. The minimum atomic E-state index is -2.14. The van der Waals surface area contributed by atoms with E-state index in [1.54, 1.807) is 0 Å². The SMILES string of the molecule is C=C[Si](C)(OCCCCCCCC)OCCCCCCCCCCCCCCCCCC. The lowest BCUT2D eigenvalue weighted by Crippen LogP contribution is -2.37. The molecule has 0 N–H and O–H groups in total. The standard InChI is InChI=1S/C29H60O2Si/c1-5-8-10-12-14-15-16-17-18-19-20-21-22-23-25-27-29-31-32(4,7-3)30-28-26-24-13-11-9-6-2/h7H,3,5-6,8-29H2,1-2,4H3. The van der Waals surface area contributed by atoms with Crippen LogP contribution >= 0.6 is 0 Å². The van der Waals surface area contributed by atoms with Crippen molar-refractivity contribution in [3.63, 3.8) is 0 Å². The summed E-state index contributed by atoms with van der Waals surface area (Å²) in [7, 11) is -2.14. The maximum atomic E-state index is 6.14. The topological polar surface area (TPSA) is 18.5 Å². The van der Waals surface area contributed by atoms with Gasteiger partial charge in [0.15, 0.2) is 0 Å². The minimum absolute atomic E-state index is 0.833. The van der Waals surface area contributed by atoms with Gasteiger partial charge in [0.1, 0.15) is 0 Å². The Labute approximate surface area is 204 Å². The summed E-state index contributed by atoms with van der Waals surface area (Å²) in [5.41, 5.74) is 1.95. The molecule has 0 heterocycles. The summed E-state index contributed by atoms with van der Waals surface area (Å²) in [5, 5.41) is 0. The van der Waals surface area contributed by atoms with Gasteiger partial charge in [0.05, 0.1) is 0 Å². The highest BCUT2D eigenvalue weighted by Crippen LogP contribution is 2.15. The van der Waals surface area contributed by atoms with Crippen LogP contribution in [0.25, 0.3) is 0 Å². The fourth-order valence-electron chi connectivity index (χ4n) is 4.24. The molecule has 2 nitrogen and oxygen atoms in total. The van der Waals surface area contributed by atoms with Crippen molar-refractivity contribution >= 4 is 8.56 Å². The Bertz CT molecular complexity index is 374. The van der Waals surface area contributed by atoms with Crippen LogP contribution in [0, 0.1) is 0 Å². The molecular weight excluding hydrogens is 408 g/mol. The molecule has 0 aromatic rings. The van der Waals surface area contributed by atoms with Crippen LogP contribution < -0.4 is 0 Å². The molecule has 0 amide bonds. The van der Waals surface area contributed by atoms with Crippen molar-refractivity contribution in [1.82, 2.24) is 0 Å². The monoisotopic (exact) mass is 468 g/mol. The molecule has 0 radical (unpaired) electrons. The van der Waals surface area contributed by atoms with Crippen molar-refractivity contribution in [3.8, 4) is 0 Å². The third kappa shape index (κ3) is 23.0. The molecule has 0 aromatic heterocycles. The summed E-state index contributed by atoms with van der Waals surface area (Å²) in [5.74, 6) is 0. The van der Waals surface area contributed by atoms with E-state index in [1.165, 1.54) is 128 Å². The van der Waals surface area contributed by atoms with Crippen LogP contribution in [-0.4, -0.2) is 21.8 Å². The average molecular weight is 469 g/mol. The normalized spacial score (nSPS) is 13.3. The van der Waals surface area contributed by atoms with Gasteiger partial charge < -0.3 is 8.85 Å². The fourth-order valence-corrected chi connectivity index (χ4v) is 5.66. The van der Waals surface area contributed by atoms with Gasteiger partial charge in [-0.25, -0.2) is 0 Å². The minimum Gasteiger partial charge on any atom is -0.391 e. The van der Waals surface area contributed by atoms with Gasteiger partial charge in [-0.05, 0) is 25.1 Å². The molecule has 0 aliphatic heterocycles. The van der Waals surface area contributed by atoms with Gasteiger partial charge in [0, 0.05) is 13.2 Å². The summed E-state index contributed by atoms with van der Waals surface area (Å²) >= 11 is 0. The van der Waals surface area contributed by atoms with Gasteiger partial charge in [-0.15, -0.1) is 6.58 Å². The first-order chi connectivity index (χ1) is 15.7. The lowest BCUT2D eigenvalue weighted by atomic mass is 10.0. The highest BCUT2D eigenvalue weighted by atomic mass is 28.4. The van der Waals surface area contributed by atoms with Crippen molar-refractivity contribution in [2.45, 2.75) is 162 Å². The molecule has 3 heteroatoms. The summed E-state index contributed by atoms with van der Waals surface area (Å²) in [6.45, 7) is 12.4. The van der Waals surface area contributed by atoms with Crippen molar-refractivity contribution in [2.75, 3.05) is 13.2 Å². The lowest BCUT2D eigenvalue weighted by molar-refractivity contribution is 0.177. The van der Waals surface area contributed by atoms with Crippen molar-refractivity contribution < 1.29 is 8.85 Å². The molecule has 0 spiro atoms. The molecular formula is C29H60O2Si. The second kappa shape index (κ2) is 25.5. The molecule has 1 atom stereocenters. The number of hydrogen-bond donors (Lipinski definition) is 0. The van der Waals surface area contributed by atoms with Gasteiger partial charge >= 0.3 is 8.56 Å². The maximum absolute atomic E-state index is 6.14. The number of unbranched alkanes of at least 4 members (excludes halogenated alkanes) is 20. The molecule has 0 saturated heterocycles. The van der Waals surface area contributed by atoms with Crippen LogP contribution in [0.1, 0.15) is 155 Å². The molecule has 0 aromatic carbocycles. The van der Waals surface area contributed by atoms with Crippen LogP contribution in [0.3, 0.4) is 0 Å². The molecule has 0 bridgehead atoms. The van der Waals surface area contributed by atoms with Crippen LogP contribution in [-0.2, 0) is 8.85 Å². The van der Waals surface area contributed by atoms with E-state index in [0.29, 0.717) is 0 Å². The van der Waals surface area contributed by atoms with Crippen molar-refractivity contribution in [3.05, 3.63) is 12.3 Å². The highest BCUT2D eigenvalue weighted by Gasteiger charge is 2.26. The first-order valence-electron chi connectivity index (χ1n) is 14.6. The van der Waals surface area contributed by atoms with Gasteiger partial charge in [0.2, 0.25) is 0 Å². The van der Waals surface area contributed by atoms with Crippen LogP contribution in [0.15, 0.2) is 12.3 Å². The maximum Gasteiger partial charge on any atom is 0.361 e. The van der Waals surface area contributed by atoms with E-state index in [2.05, 4.69) is 27.0 Å². The Balaban J connectivity index is 3.37. The highest BCUT2D eigenvalue weighted by molar-refractivity contribution is 6.71.